The minimum absolute atomic E-state index is 0.139. The van der Waals surface area contributed by atoms with Crippen LogP contribution in [0.25, 0.3) is 0 Å². The van der Waals surface area contributed by atoms with Gasteiger partial charge < -0.3 is 25.4 Å². The van der Waals surface area contributed by atoms with Gasteiger partial charge in [-0.05, 0) is 12.1 Å². The first-order valence-corrected chi connectivity index (χ1v) is 7.09. The van der Waals surface area contributed by atoms with Crippen LogP contribution >= 0.6 is 11.6 Å². The molecule has 118 valence electrons. The molecule has 21 heavy (non-hydrogen) atoms. The van der Waals surface area contributed by atoms with Gasteiger partial charge in [0.2, 0.25) is 0 Å². The van der Waals surface area contributed by atoms with E-state index in [1.807, 2.05) is 12.1 Å². The van der Waals surface area contributed by atoms with E-state index in [0.717, 1.165) is 0 Å². The van der Waals surface area contributed by atoms with Crippen LogP contribution in [0.1, 0.15) is 0 Å². The van der Waals surface area contributed by atoms with Gasteiger partial charge in [0.05, 0.1) is 5.02 Å². The number of hydrogen-bond acceptors (Lipinski definition) is 4. The van der Waals surface area contributed by atoms with Crippen LogP contribution in [-0.4, -0.2) is 62.5 Å². The number of urea groups is 1. The molecule has 7 heteroatoms. The second-order valence-electron chi connectivity index (χ2n) is 4.73. The Labute approximate surface area is 130 Å². The number of halogens is 1. The van der Waals surface area contributed by atoms with E-state index in [2.05, 4.69) is 10.6 Å². The smallest absolute Gasteiger partial charge is 0.316 e. The predicted octanol–water partition coefficient (Wildman–Crippen LogP) is 0.941. The Balaban J connectivity index is 2.10. The zero-order chi connectivity index (χ0) is 15.7. The Hall–Kier alpha value is -1.50. The van der Waals surface area contributed by atoms with Crippen molar-refractivity contribution in [2.24, 2.45) is 0 Å². The van der Waals surface area contributed by atoms with Crippen LogP contribution in [-0.2, 0) is 0 Å². The maximum Gasteiger partial charge on any atom is 0.316 e. The van der Waals surface area contributed by atoms with E-state index >= 15 is 0 Å². The average molecular weight is 316 g/mol. The van der Waals surface area contributed by atoms with Crippen LogP contribution in [0.2, 0.25) is 5.02 Å². The molecule has 2 amide bonds. The van der Waals surface area contributed by atoms with E-state index in [1.165, 1.54) is 4.90 Å². The summed E-state index contributed by atoms with van der Waals surface area (Å²) >= 11 is 5.94. The van der Waals surface area contributed by atoms with Crippen molar-refractivity contribution in [3.05, 3.63) is 29.3 Å². The van der Waals surface area contributed by atoms with Gasteiger partial charge in [-0.25, -0.2) is 4.79 Å². The van der Waals surface area contributed by atoms with E-state index in [-0.39, 0.29) is 12.6 Å². The molecule has 6 nitrogen and oxygen atoms in total. The molecule has 0 aliphatic rings. The van der Waals surface area contributed by atoms with Crippen molar-refractivity contribution >= 4 is 17.6 Å². The number of hydrogen-bond donors (Lipinski definition) is 3. The summed E-state index contributed by atoms with van der Waals surface area (Å²) in [5.74, 6) is 0.552. The normalized spacial score (nSPS) is 11.8. The highest BCUT2D eigenvalue weighted by Gasteiger charge is 2.07. The lowest BCUT2D eigenvalue weighted by Gasteiger charge is -2.15. The minimum atomic E-state index is -0.647. The van der Waals surface area contributed by atoms with E-state index in [0.29, 0.717) is 30.4 Å². The maximum atomic E-state index is 11.2. The van der Waals surface area contributed by atoms with Crippen molar-refractivity contribution in [3.63, 3.8) is 0 Å². The summed E-state index contributed by atoms with van der Waals surface area (Å²) in [7, 11) is 3.36. The molecule has 0 radical (unpaired) electrons. The maximum absolute atomic E-state index is 11.2. The number of aliphatic hydroxyl groups excluding tert-OH is 1. The highest BCUT2D eigenvalue weighted by Crippen LogP contribution is 2.22. The van der Waals surface area contributed by atoms with Crippen LogP contribution in [0.5, 0.6) is 5.75 Å². The molecule has 0 aromatic heterocycles. The Morgan fingerprint density at radius 2 is 2.10 bits per heavy atom. The second-order valence-corrected chi connectivity index (χ2v) is 5.13. The summed E-state index contributed by atoms with van der Waals surface area (Å²) in [4.78, 5) is 12.7. The number of rotatable bonds is 8. The fraction of sp³-hybridized carbons (Fsp3) is 0.500. The van der Waals surface area contributed by atoms with E-state index in [4.69, 9.17) is 16.3 Å². The number of nitrogens with one attached hydrogen (secondary N) is 2. The lowest BCUT2D eigenvalue weighted by atomic mass is 10.3. The largest absolute Gasteiger partial charge is 0.489 e. The van der Waals surface area contributed by atoms with Gasteiger partial charge in [-0.2, -0.15) is 0 Å². The quantitative estimate of drug-likeness (QED) is 0.624. The zero-order valence-corrected chi connectivity index (χ0v) is 13.1. The second kappa shape index (κ2) is 9.44. The van der Waals surface area contributed by atoms with Crippen LogP contribution in [0.4, 0.5) is 4.79 Å². The lowest BCUT2D eigenvalue weighted by molar-refractivity contribution is 0.107. The number of carbonyl (C=O) groups excluding carboxylic acids is 1. The third kappa shape index (κ3) is 7.17. The van der Waals surface area contributed by atoms with Gasteiger partial charge >= 0.3 is 6.03 Å². The first kappa shape index (κ1) is 17.6. The molecule has 1 aromatic rings. The molecular weight excluding hydrogens is 294 g/mol. The van der Waals surface area contributed by atoms with Crippen LogP contribution in [0.3, 0.4) is 0 Å². The molecule has 1 atom stereocenters. The molecule has 0 heterocycles. The third-order valence-corrected chi connectivity index (χ3v) is 2.94. The van der Waals surface area contributed by atoms with E-state index in [9.17, 15) is 9.90 Å². The van der Waals surface area contributed by atoms with Gasteiger partial charge in [0.1, 0.15) is 18.5 Å². The SMILES string of the molecule is CN(C)C(=O)NCCNCC(O)COc1ccccc1Cl. The number of amides is 2. The monoisotopic (exact) mass is 315 g/mol. The predicted molar refractivity (Wildman–Crippen MR) is 82.9 cm³/mol. The zero-order valence-electron chi connectivity index (χ0n) is 12.3. The van der Waals surface area contributed by atoms with Crippen molar-refractivity contribution in [1.29, 1.82) is 0 Å². The molecule has 0 bridgehead atoms. The summed E-state index contributed by atoms with van der Waals surface area (Å²) in [6, 6.07) is 6.97. The lowest BCUT2D eigenvalue weighted by Crippen LogP contribution is -2.40. The number of aliphatic hydroxyl groups is 1. The summed E-state index contributed by atoms with van der Waals surface area (Å²) in [5, 5.41) is 16.0. The van der Waals surface area contributed by atoms with E-state index < -0.39 is 6.10 Å². The standard InChI is InChI=1S/C14H22ClN3O3/c1-18(2)14(20)17-8-7-16-9-11(19)10-21-13-6-4-3-5-12(13)15/h3-6,11,16,19H,7-10H2,1-2H3,(H,17,20). The number of carbonyl (C=O) groups is 1. The van der Waals surface area contributed by atoms with Gasteiger partial charge in [0.15, 0.2) is 0 Å². The number of ether oxygens (including phenoxy) is 1. The molecule has 3 N–H and O–H groups in total. The molecule has 0 saturated heterocycles. The molecule has 0 aliphatic carbocycles. The van der Waals surface area contributed by atoms with Crippen molar-refractivity contribution in [1.82, 2.24) is 15.5 Å². The van der Waals surface area contributed by atoms with Crippen LogP contribution in [0.15, 0.2) is 24.3 Å². The van der Waals surface area contributed by atoms with Gasteiger partial charge in [0.25, 0.3) is 0 Å². The van der Waals surface area contributed by atoms with Crippen molar-refractivity contribution in [2.75, 3.05) is 40.3 Å². The molecule has 1 unspecified atom stereocenters. The molecule has 0 fully saturated rings. The van der Waals surface area contributed by atoms with Crippen LogP contribution in [0, 0.1) is 0 Å². The molecular formula is C14H22ClN3O3. The summed E-state index contributed by atoms with van der Waals surface area (Å²) in [6.07, 6.45) is -0.647. The number of benzene rings is 1. The Kier molecular flexibility index (Phi) is 7.89. The molecule has 1 aromatic carbocycles. The topological polar surface area (TPSA) is 73.8 Å². The number of nitrogens with zero attached hydrogens (tertiary/aromatic N) is 1. The van der Waals surface area contributed by atoms with Gasteiger partial charge in [0, 0.05) is 33.7 Å². The molecule has 0 saturated carbocycles. The van der Waals surface area contributed by atoms with Gasteiger partial charge in [-0.15, -0.1) is 0 Å². The highest BCUT2D eigenvalue weighted by molar-refractivity contribution is 6.32. The fourth-order valence-corrected chi connectivity index (χ4v) is 1.68. The van der Waals surface area contributed by atoms with Gasteiger partial charge in [-0.3, -0.25) is 0 Å². The van der Waals surface area contributed by atoms with Crippen molar-refractivity contribution in [2.45, 2.75) is 6.10 Å². The summed E-state index contributed by atoms with van der Waals surface area (Å²) in [5.41, 5.74) is 0. The Bertz CT molecular complexity index is 443. The molecule has 0 aliphatic heterocycles. The average Bonchev–Trinajstić information content (AvgIpc) is 2.45. The van der Waals surface area contributed by atoms with Crippen molar-refractivity contribution in [3.8, 4) is 5.75 Å². The van der Waals surface area contributed by atoms with E-state index in [1.54, 1.807) is 26.2 Å². The van der Waals surface area contributed by atoms with Crippen molar-refractivity contribution < 1.29 is 14.6 Å². The third-order valence-electron chi connectivity index (χ3n) is 2.63. The minimum Gasteiger partial charge on any atom is -0.489 e. The number of para-hydroxylation sites is 1. The summed E-state index contributed by atoms with van der Waals surface area (Å²) < 4.78 is 5.43. The summed E-state index contributed by atoms with van der Waals surface area (Å²) in [6.45, 7) is 1.60. The Morgan fingerprint density at radius 3 is 2.76 bits per heavy atom. The van der Waals surface area contributed by atoms with Gasteiger partial charge in [-0.1, -0.05) is 23.7 Å². The Morgan fingerprint density at radius 1 is 1.38 bits per heavy atom. The molecule has 0 spiro atoms. The fourth-order valence-electron chi connectivity index (χ4n) is 1.49. The van der Waals surface area contributed by atoms with Crippen LogP contribution < -0.4 is 15.4 Å². The first-order chi connectivity index (χ1) is 10.0. The first-order valence-electron chi connectivity index (χ1n) is 6.72. The highest BCUT2D eigenvalue weighted by atomic mass is 35.5. The molecule has 1 rings (SSSR count).